The normalized spacial score (nSPS) is 25.7. The van der Waals surface area contributed by atoms with Crippen LogP contribution in [0.2, 0.25) is 0 Å². The van der Waals surface area contributed by atoms with Crippen LogP contribution in [0, 0.1) is 5.92 Å². The van der Waals surface area contributed by atoms with Crippen LogP contribution >= 0.6 is 0 Å². The molecular weight excluding hydrogens is 230 g/mol. The lowest BCUT2D eigenvalue weighted by atomic mass is 9.98. The van der Waals surface area contributed by atoms with E-state index in [2.05, 4.69) is 11.9 Å². The number of aliphatic hydroxyl groups is 1. The minimum atomic E-state index is -0.546. The van der Waals surface area contributed by atoms with E-state index in [9.17, 15) is 5.11 Å². The molecule has 1 aromatic heterocycles. The average molecular weight is 247 g/mol. The number of oxazole rings is 1. The number of para-hydroxylation sites is 2. The molecule has 2 heterocycles. The highest BCUT2D eigenvalue weighted by Gasteiger charge is 2.31. The number of aromatic nitrogens is 1. The third-order valence-corrected chi connectivity index (χ3v) is 3.55. The molecule has 1 aliphatic heterocycles. The van der Waals surface area contributed by atoms with E-state index in [1.807, 2.05) is 24.3 Å². The first-order valence-corrected chi connectivity index (χ1v) is 6.38. The van der Waals surface area contributed by atoms with Gasteiger partial charge in [-0.15, -0.1) is 0 Å². The van der Waals surface area contributed by atoms with Crippen molar-refractivity contribution in [2.75, 3.05) is 6.61 Å². The Morgan fingerprint density at radius 3 is 3.00 bits per heavy atom. The summed E-state index contributed by atoms with van der Waals surface area (Å²) in [6.45, 7) is 2.84. The third kappa shape index (κ3) is 2.13. The van der Waals surface area contributed by atoms with Crippen LogP contribution in [0.1, 0.15) is 19.2 Å². The van der Waals surface area contributed by atoms with Gasteiger partial charge in [-0.05, 0) is 24.5 Å². The number of hydrogen-bond acceptors (Lipinski definition) is 4. The van der Waals surface area contributed by atoms with Crippen molar-refractivity contribution < 1.29 is 14.3 Å². The minimum absolute atomic E-state index is 0.0972. The van der Waals surface area contributed by atoms with Gasteiger partial charge in [-0.3, -0.25) is 0 Å². The topological polar surface area (TPSA) is 55.5 Å². The molecule has 0 radical (unpaired) electrons. The third-order valence-electron chi connectivity index (χ3n) is 3.55. The van der Waals surface area contributed by atoms with Gasteiger partial charge in [-0.2, -0.15) is 0 Å². The Bertz CT molecular complexity index is 504. The molecule has 3 unspecified atom stereocenters. The highest BCUT2D eigenvalue weighted by molar-refractivity contribution is 5.72. The standard InChI is InChI=1S/C14H17NO3/c1-9-6-7-17-14(9)11(16)8-13-15-10-4-2-3-5-12(10)18-13/h2-5,9,11,14,16H,6-8H2,1H3. The first kappa shape index (κ1) is 11.7. The van der Waals surface area contributed by atoms with E-state index in [0.717, 1.165) is 24.1 Å². The molecule has 0 bridgehead atoms. The maximum Gasteiger partial charge on any atom is 0.198 e. The second-order valence-corrected chi connectivity index (χ2v) is 4.95. The molecular formula is C14H17NO3. The van der Waals surface area contributed by atoms with Gasteiger partial charge in [0.2, 0.25) is 0 Å². The summed E-state index contributed by atoms with van der Waals surface area (Å²) in [5.41, 5.74) is 1.60. The second-order valence-electron chi connectivity index (χ2n) is 4.95. The molecule has 1 saturated heterocycles. The Hall–Kier alpha value is -1.39. The molecule has 0 amide bonds. The van der Waals surface area contributed by atoms with Crippen molar-refractivity contribution in [2.45, 2.75) is 32.0 Å². The Kier molecular flexibility index (Phi) is 3.06. The van der Waals surface area contributed by atoms with Crippen molar-refractivity contribution in [1.82, 2.24) is 4.98 Å². The van der Waals surface area contributed by atoms with Crippen LogP contribution in [-0.4, -0.2) is 28.9 Å². The lowest BCUT2D eigenvalue weighted by Gasteiger charge is -2.19. The molecule has 2 aromatic rings. The SMILES string of the molecule is CC1CCOC1C(O)Cc1nc2ccccc2o1. The zero-order valence-electron chi connectivity index (χ0n) is 10.4. The van der Waals surface area contributed by atoms with Crippen LogP contribution in [0.15, 0.2) is 28.7 Å². The Morgan fingerprint density at radius 1 is 1.44 bits per heavy atom. The first-order valence-electron chi connectivity index (χ1n) is 6.38. The van der Waals surface area contributed by atoms with Crippen molar-refractivity contribution in [3.8, 4) is 0 Å². The van der Waals surface area contributed by atoms with Crippen molar-refractivity contribution in [1.29, 1.82) is 0 Å². The average Bonchev–Trinajstić information content (AvgIpc) is 2.94. The van der Waals surface area contributed by atoms with E-state index in [1.54, 1.807) is 0 Å². The Balaban J connectivity index is 1.75. The second kappa shape index (κ2) is 4.71. The summed E-state index contributed by atoms with van der Waals surface area (Å²) in [6, 6.07) is 7.62. The lowest BCUT2D eigenvalue weighted by molar-refractivity contribution is -0.0182. The molecule has 0 spiro atoms. The predicted molar refractivity (Wildman–Crippen MR) is 67.2 cm³/mol. The molecule has 3 atom stereocenters. The maximum atomic E-state index is 10.2. The van der Waals surface area contributed by atoms with Gasteiger partial charge in [0.25, 0.3) is 0 Å². The molecule has 4 nitrogen and oxygen atoms in total. The number of ether oxygens (including phenoxy) is 1. The molecule has 0 aliphatic carbocycles. The maximum absolute atomic E-state index is 10.2. The monoisotopic (exact) mass is 247 g/mol. The van der Waals surface area contributed by atoms with Crippen LogP contribution < -0.4 is 0 Å². The number of nitrogens with zero attached hydrogens (tertiary/aromatic N) is 1. The summed E-state index contributed by atoms with van der Waals surface area (Å²) in [6.07, 6.45) is 0.773. The van der Waals surface area contributed by atoms with Gasteiger partial charge in [-0.1, -0.05) is 19.1 Å². The van der Waals surface area contributed by atoms with E-state index in [0.29, 0.717) is 18.2 Å². The lowest BCUT2D eigenvalue weighted by Crippen LogP contribution is -2.31. The molecule has 4 heteroatoms. The fraction of sp³-hybridized carbons (Fsp3) is 0.500. The number of hydrogen-bond donors (Lipinski definition) is 1. The summed E-state index contributed by atoms with van der Waals surface area (Å²) in [7, 11) is 0. The van der Waals surface area contributed by atoms with Crippen molar-refractivity contribution in [2.24, 2.45) is 5.92 Å². The zero-order chi connectivity index (χ0) is 12.5. The van der Waals surface area contributed by atoms with E-state index in [-0.39, 0.29) is 6.10 Å². The van der Waals surface area contributed by atoms with Gasteiger partial charge in [0.1, 0.15) is 5.52 Å². The number of benzene rings is 1. The van der Waals surface area contributed by atoms with Gasteiger partial charge in [0, 0.05) is 6.61 Å². The van der Waals surface area contributed by atoms with E-state index < -0.39 is 6.10 Å². The van der Waals surface area contributed by atoms with Crippen molar-refractivity contribution in [3.63, 3.8) is 0 Å². The van der Waals surface area contributed by atoms with Gasteiger partial charge < -0.3 is 14.3 Å². The molecule has 1 aromatic carbocycles. The summed E-state index contributed by atoms with van der Waals surface area (Å²) in [5.74, 6) is 0.968. The smallest absolute Gasteiger partial charge is 0.198 e. The summed E-state index contributed by atoms with van der Waals surface area (Å²) in [4.78, 5) is 4.37. The molecule has 18 heavy (non-hydrogen) atoms. The van der Waals surface area contributed by atoms with E-state index >= 15 is 0 Å². The molecule has 1 aliphatic rings. The fourth-order valence-electron chi connectivity index (χ4n) is 2.51. The highest BCUT2D eigenvalue weighted by atomic mass is 16.5. The largest absolute Gasteiger partial charge is 0.441 e. The first-order chi connectivity index (χ1) is 8.74. The van der Waals surface area contributed by atoms with Crippen LogP contribution in [0.25, 0.3) is 11.1 Å². The minimum Gasteiger partial charge on any atom is -0.441 e. The summed E-state index contributed by atoms with van der Waals surface area (Å²) in [5, 5.41) is 10.2. The van der Waals surface area contributed by atoms with E-state index in [4.69, 9.17) is 9.15 Å². The zero-order valence-corrected chi connectivity index (χ0v) is 10.4. The van der Waals surface area contributed by atoms with Gasteiger partial charge in [-0.25, -0.2) is 4.98 Å². The van der Waals surface area contributed by atoms with E-state index in [1.165, 1.54) is 0 Å². The number of aliphatic hydroxyl groups excluding tert-OH is 1. The van der Waals surface area contributed by atoms with Crippen LogP contribution in [0.4, 0.5) is 0 Å². The van der Waals surface area contributed by atoms with Crippen molar-refractivity contribution in [3.05, 3.63) is 30.2 Å². The fourth-order valence-corrected chi connectivity index (χ4v) is 2.51. The molecule has 96 valence electrons. The summed E-state index contributed by atoms with van der Waals surface area (Å²) >= 11 is 0. The molecule has 0 saturated carbocycles. The van der Waals surface area contributed by atoms with Gasteiger partial charge in [0.05, 0.1) is 18.6 Å². The summed E-state index contributed by atoms with van der Waals surface area (Å²) < 4.78 is 11.2. The number of fused-ring (bicyclic) bond motifs is 1. The quantitative estimate of drug-likeness (QED) is 0.903. The van der Waals surface area contributed by atoms with Gasteiger partial charge in [0.15, 0.2) is 11.5 Å². The predicted octanol–water partition coefficient (Wildman–Crippen LogP) is 2.16. The molecule has 1 fully saturated rings. The van der Waals surface area contributed by atoms with Crippen molar-refractivity contribution >= 4 is 11.1 Å². The highest BCUT2D eigenvalue weighted by Crippen LogP contribution is 2.25. The van der Waals surface area contributed by atoms with Crippen LogP contribution in [-0.2, 0) is 11.2 Å². The Labute approximate surface area is 106 Å². The molecule has 3 rings (SSSR count). The Morgan fingerprint density at radius 2 is 2.28 bits per heavy atom. The van der Waals surface area contributed by atoms with Crippen LogP contribution in [0.5, 0.6) is 0 Å². The van der Waals surface area contributed by atoms with Crippen LogP contribution in [0.3, 0.4) is 0 Å². The number of rotatable bonds is 3. The van der Waals surface area contributed by atoms with Gasteiger partial charge >= 0.3 is 0 Å². The molecule has 1 N–H and O–H groups in total.